The Hall–Kier alpha value is -1.11. The van der Waals surface area contributed by atoms with Gasteiger partial charge in [0.15, 0.2) is 0 Å². The molecule has 5 nitrogen and oxygen atoms in total. The minimum Gasteiger partial charge on any atom is -0.492 e. The lowest BCUT2D eigenvalue weighted by Gasteiger charge is -2.08. The number of hydrogen-bond donors (Lipinski definition) is 2. The molecule has 106 valence electrons. The normalized spacial score (nSPS) is 15.4. The van der Waals surface area contributed by atoms with E-state index in [0.29, 0.717) is 25.4 Å². The molecule has 0 radical (unpaired) electrons. The van der Waals surface area contributed by atoms with E-state index in [4.69, 9.17) is 10.5 Å². The topological polar surface area (TPSA) is 81.4 Å². The highest BCUT2D eigenvalue weighted by atomic mass is 32.2. The van der Waals surface area contributed by atoms with E-state index in [-0.39, 0.29) is 4.90 Å². The van der Waals surface area contributed by atoms with Crippen LogP contribution in [0.5, 0.6) is 5.75 Å². The third kappa shape index (κ3) is 4.49. The molecule has 1 aromatic rings. The zero-order valence-corrected chi connectivity index (χ0v) is 11.7. The first kappa shape index (κ1) is 14.3. The summed E-state index contributed by atoms with van der Waals surface area (Å²) in [6.45, 7) is 1.37. The minimum absolute atomic E-state index is 0.267. The summed E-state index contributed by atoms with van der Waals surface area (Å²) in [7, 11) is -3.40. The van der Waals surface area contributed by atoms with Crippen molar-refractivity contribution in [3.05, 3.63) is 24.3 Å². The Bertz CT molecular complexity index is 495. The highest BCUT2D eigenvalue weighted by Gasteiger charge is 2.22. The van der Waals surface area contributed by atoms with Crippen molar-refractivity contribution in [3.8, 4) is 5.75 Å². The lowest BCUT2D eigenvalue weighted by molar-refractivity contribution is 0.328. The molecule has 3 N–H and O–H groups in total. The molecule has 0 bridgehead atoms. The van der Waals surface area contributed by atoms with Crippen LogP contribution in [0.2, 0.25) is 0 Å². The van der Waals surface area contributed by atoms with Crippen molar-refractivity contribution in [3.63, 3.8) is 0 Å². The second-order valence-electron chi connectivity index (χ2n) is 4.74. The van der Waals surface area contributed by atoms with E-state index in [9.17, 15) is 8.42 Å². The molecular formula is C13H20N2O3S. The fourth-order valence-corrected chi connectivity index (χ4v) is 2.83. The molecule has 1 aromatic carbocycles. The van der Waals surface area contributed by atoms with Gasteiger partial charge in [0.05, 0.1) is 4.90 Å². The van der Waals surface area contributed by atoms with Crippen molar-refractivity contribution in [2.45, 2.75) is 24.2 Å². The summed E-state index contributed by atoms with van der Waals surface area (Å²) in [5.74, 6) is 1.34. The summed E-state index contributed by atoms with van der Waals surface area (Å²) in [5.41, 5.74) is 5.33. The average Bonchev–Trinajstić information content (AvgIpc) is 3.21. The van der Waals surface area contributed by atoms with Crippen LogP contribution in [0.4, 0.5) is 0 Å². The van der Waals surface area contributed by atoms with Gasteiger partial charge in [0.2, 0.25) is 10.0 Å². The molecule has 2 rings (SSSR count). The van der Waals surface area contributed by atoms with Crippen molar-refractivity contribution >= 4 is 10.0 Å². The van der Waals surface area contributed by atoms with Gasteiger partial charge in [-0.15, -0.1) is 0 Å². The molecule has 0 spiro atoms. The third-order valence-electron chi connectivity index (χ3n) is 3.06. The summed E-state index contributed by atoms with van der Waals surface area (Å²) in [5, 5.41) is 0. The van der Waals surface area contributed by atoms with Crippen LogP contribution in [0.1, 0.15) is 19.3 Å². The Morgan fingerprint density at radius 1 is 1.26 bits per heavy atom. The maximum Gasteiger partial charge on any atom is 0.240 e. The van der Waals surface area contributed by atoms with Crippen molar-refractivity contribution in [1.82, 2.24) is 4.72 Å². The average molecular weight is 284 g/mol. The van der Waals surface area contributed by atoms with Gasteiger partial charge in [-0.1, -0.05) is 12.8 Å². The summed E-state index contributed by atoms with van der Waals surface area (Å²) in [6, 6.07) is 6.38. The molecule has 6 heteroatoms. The smallest absolute Gasteiger partial charge is 0.240 e. The van der Waals surface area contributed by atoms with E-state index in [1.807, 2.05) is 0 Å². The number of hydrogen-bond acceptors (Lipinski definition) is 4. The van der Waals surface area contributed by atoms with Crippen LogP contribution in [0.25, 0.3) is 0 Å². The fraction of sp³-hybridized carbons (Fsp3) is 0.538. The number of sulfonamides is 1. The Balaban J connectivity index is 1.90. The Kier molecular flexibility index (Phi) is 4.79. The van der Waals surface area contributed by atoms with Crippen LogP contribution in [-0.4, -0.2) is 28.1 Å². The monoisotopic (exact) mass is 284 g/mol. The molecule has 0 aromatic heterocycles. The van der Waals surface area contributed by atoms with Crippen LogP contribution < -0.4 is 15.2 Å². The van der Waals surface area contributed by atoms with Crippen molar-refractivity contribution in [2.75, 3.05) is 19.7 Å². The molecule has 1 aliphatic rings. The van der Waals surface area contributed by atoms with Gasteiger partial charge < -0.3 is 10.5 Å². The number of rotatable bonds is 8. The molecule has 0 atom stereocenters. The van der Waals surface area contributed by atoms with Gasteiger partial charge in [-0.25, -0.2) is 13.1 Å². The highest BCUT2D eigenvalue weighted by molar-refractivity contribution is 7.89. The second-order valence-corrected chi connectivity index (χ2v) is 6.51. The largest absolute Gasteiger partial charge is 0.492 e. The summed E-state index contributed by atoms with van der Waals surface area (Å²) >= 11 is 0. The molecule has 1 saturated carbocycles. The number of ether oxygens (including phenoxy) is 1. The predicted molar refractivity (Wildman–Crippen MR) is 73.5 cm³/mol. The first-order valence-corrected chi connectivity index (χ1v) is 8.03. The van der Waals surface area contributed by atoms with Crippen LogP contribution in [0.3, 0.4) is 0 Å². The molecule has 0 saturated heterocycles. The van der Waals surface area contributed by atoms with Gasteiger partial charge in [0.25, 0.3) is 0 Å². The molecule has 0 amide bonds. The first-order valence-electron chi connectivity index (χ1n) is 6.54. The van der Waals surface area contributed by atoms with Gasteiger partial charge in [-0.2, -0.15) is 0 Å². The Morgan fingerprint density at radius 2 is 1.95 bits per heavy atom. The third-order valence-corrected chi connectivity index (χ3v) is 4.54. The summed E-state index contributed by atoms with van der Waals surface area (Å²) < 4.78 is 31.9. The summed E-state index contributed by atoms with van der Waals surface area (Å²) in [4.78, 5) is 0.267. The van der Waals surface area contributed by atoms with E-state index in [0.717, 1.165) is 12.3 Å². The number of benzene rings is 1. The maximum atomic E-state index is 12.0. The van der Waals surface area contributed by atoms with E-state index in [1.165, 1.54) is 12.8 Å². The number of nitrogens with two attached hydrogens (primary N) is 1. The summed E-state index contributed by atoms with van der Waals surface area (Å²) in [6.07, 6.45) is 3.39. The molecule has 19 heavy (non-hydrogen) atoms. The van der Waals surface area contributed by atoms with Gasteiger partial charge in [-0.05, 0) is 36.6 Å². The van der Waals surface area contributed by atoms with Crippen LogP contribution in [-0.2, 0) is 10.0 Å². The Morgan fingerprint density at radius 3 is 2.53 bits per heavy atom. The number of nitrogens with one attached hydrogen (secondary N) is 1. The van der Waals surface area contributed by atoms with Crippen molar-refractivity contribution < 1.29 is 13.2 Å². The predicted octanol–water partition coefficient (Wildman–Crippen LogP) is 1.10. The van der Waals surface area contributed by atoms with Gasteiger partial charge in [0, 0.05) is 13.1 Å². The van der Waals surface area contributed by atoms with E-state index >= 15 is 0 Å². The van der Waals surface area contributed by atoms with Crippen molar-refractivity contribution in [1.29, 1.82) is 0 Å². The zero-order valence-electron chi connectivity index (χ0n) is 10.8. The lowest BCUT2D eigenvalue weighted by atomic mass is 10.3. The minimum atomic E-state index is -3.40. The van der Waals surface area contributed by atoms with E-state index in [1.54, 1.807) is 24.3 Å². The zero-order chi connectivity index (χ0) is 13.7. The van der Waals surface area contributed by atoms with Gasteiger partial charge in [0.1, 0.15) is 12.4 Å². The molecular weight excluding hydrogens is 264 g/mol. The highest BCUT2D eigenvalue weighted by Crippen LogP contribution is 2.31. The van der Waals surface area contributed by atoms with Crippen LogP contribution in [0.15, 0.2) is 29.2 Å². The Labute approximate surface area is 114 Å². The van der Waals surface area contributed by atoms with Crippen LogP contribution in [0, 0.1) is 5.92 Å². The van der Waals surface area contributed by atoms with E-state index < -0.39 is 10.0 Å². The van der Waals surface area contributed by atoms with Crippen molar-refractivity contribution in [2.24, 2.45) is 11.7 Å². The fourth-order valence-electron chi connectivity index (χ4n) is 1.78. The van der Waals surface area contributed by atoms with Gasteiger partial charge >= 0.3 is 0 Å². The lowest BCUT2D eigenvalue weighted by Crippen LogP contribution is -2.25. The second kappa shape index (κ2) is 6.36. The standard InChI is InChI=1S/C13H20N2O3S/c14-8-10-18-12-3-5-13(6-4-12)19(16,17)15-9-7-11-1-2-11/h3-6,11,15H,1-2,7-10,14H2. The first-order chi connectivity index (χ1) is 9.12. The van der Waals surface area contributed by atoms with Crippen LogP contribution >= 0.6 is 0 Å². The maximum absolute atomic E-state index is 12.0. The molecule has 0 aliphatic heterocycles. The molecule has 1 aliphatic carbocycles. The quantitative estimate of drug-likeness (QED) is 0.749. The molecule has 1 fully saturated rings. The SMILES string of the molecule is NCCOc1ccc(S(=O)(=O)NCCC2CC2)cc1. The molecule has 0 unspecified atom stereocenters. The van der Waals surface area contributed by atoms with Gasteiger partial charge in [-0.3, -0.25) is 0 Å². The van der Waals surface area contributed by atoms with E-state index in [2.05, 4.69) is 4.72 Å². The molecule has 0 heterocycles.